The van der Waals surface area contributed by atoms with Crippen LogP contribution in [0.2, 0.25) is 5.02 Å². The van der Waals surface area contributed by atoms with Gasteiger partial charge in [-0.25, -0.2) is 9.29 Å². The van der Waals surface area contributed by atoms with E-state index in [1.54, 1.807) is 47.3 Å². The number of rotatable bonds is 9. The van der Waals surface area contributed by atoms with Crippen molar-refractivity contribution < 1.29 is 13.8 Å². The fourth-order valence-corrected chi connectivity index (χ4v) is 6.68. The van der Waals surface area contributed by atoms with Crippen molar-refractivity contribution in [3.8, 4) is 17.1 Å². The predicted octanol–water partition coefficient (Wildman–Crippen LogP) is 5.24. The maximum atomic E-state index is 13.6. The molecule has 2 aliphatic rings. The zero-order valence-electron chi connectivity index (χ0n) is 22.8. The third-order valence-electron chi connectivity index (χ3n) is 7.70. The first kappa shape index (κ1) is 27.8. The Balaban J connectivity index is 1.19. The molecule has 0 amide bonds. The maximum absolute atomic E-state index is 13.6. The van der Waals surface area contributed by atoms with E-state index in [0.717, 1.165) is 24.1 Å². The van der Waals surface area contributed by atoms with E-state index < -0.39 is 10.8 Å². The molecule has 1 saturated heterocycles. The zero-order chi connectivity index (χ0) is 28.6. The third-order valence-corrected chi connectivity index (χ3v) is 9.85. The molecule has 41 heavy (non-hydrogen) atoms. The highest BCUT2D eigenvalue weighted by Crippen LogP contribution is 2.48. The molecule has 10 nitrogen and oxygen atoms in total. The van der Waals surface area contributed by atoms with Crippen molar-refractivity contribution in [3.05, 3.63) is 94.4 Å². The molecule has 6 rings (SSSR count). The highest BCUT2D eigenvalue weighted by atomic mass is 35.5. The molecule has 0 spiro atoms. The van der Waals surface area contributed by atoms with Crippen LogP contribution in [0.4, 0.5) is 5.69 Å². The summed E-state index contributed by atoms with van der Waals surface area (Å²) >= 11 is 6.17. The number of benzene rings is 2. The Morgan fingerprint density at radius 1 is 1.05 bits per heavy atom. The van der Waals surface area contributed by atoms with Crippen molar-refractivity contribution in [1.29, 1.82) is 0 Å². The second-order valence-corrected chi connectivity index (χ2v) is 13.5. The van der Waals surface area contributed by atoms with Gasteiger partial charge in [-0.15, -0.1) is 10.8 Å². The Morgan fingerprint density at radius 3 is 2.51 bits per heavy atom. The molecule has 3 heterocycles. The molecule has 216 valence electrons. The van der Waals surface area contributed by atoms with E-state index in [9.17, 15) is 13.9 Å². The summed E-state index contributed by atoms with van der Waals surface area (Å²) in [5.74, 6) is 0.379. The second kappa shape index (κ2) is 11.1. The molecule has 0 radical (unpaired) electrons. The predicted molar refractivity (Wildman–Crippen MR) is 162 cm³/mol. The van der Waals surface area contributed by atoms with Crippen molar-refractivity contribution in [2.75, 3.05) is 37.7 Å². The van der Waals surface area contributed by atoms with Crippen LogP contribution in [0.5, 0.6) is 5.75 Å². The van der Waals surface area contributed by atoms with Crippen LogP contribution in [0.15, 0.2) is 78.2 Å². The van der Waals surface area contributed by atoms with Crippen molar-refractivity contribution >= 4 is 28.1 Å². The number of aromatic nitrogens is 4. The summed E-state index contributed by atoms with van der Waals surface area (Å²) in [5.41, 5.74) is 2.65. The Hall–Kier alpha value is -3.35. The average Bonchev–Trinajstić information content (AvgIpc) is 3.44. The molecular weight excluding hydrogens is 564 g/mol. The van der Waals surface area contributed by atoms with E-state index >= 15 is 0 Å². The van der Waals surface area contributed by atoms with E-state index in [2.05, 4.69) is 17.0 Å². The van der Waals surface area contributed by atoms with Gasteiger partial charge in [-0.05, 0) is 48.7 Å². The number of nitrogens with zero attached hydrogens (tertiary/aromatic N) is 6. The lowest BCUT2D eigenvalue weighted by Gasteiger charge is -2.47. The van der Waals surface area contributed by atoms with Crippen molar-refractivity contribution in [1.82, 2.24) is 23.6 Å². The zero-order valence-corrected chi connectivity index (χ0v) is 24.3. The lowest BCUT2D eigenvalue weighted by molar-refractivity contribution is 0.242. The van der Waals surface area contributed by atoms with Crippen LogP contribution in [0.3, 0.4) is 0 Å². The van der Waals surface area contributed by atoms with Gasteiger partial charge < -0.3 is 14.2 Å². The van der Waals surface area contributed by atoms with Crippen molar-refractivity contribution in [2.24, 2.45) is 5.41 Å². The number of anilines is 1. The lowest BCUT2D eigenvalue weighted by atomic mass is 10.2. The number of halogens is 1. The molecule has 1 aliphatic carbocycles. The van der Waals surface area contributed by atoms with Crippen molar-refractivity contribution in [3.63, 3.8) is 0 Å². The van der Waals surface area contributed by atoms with Gasteiger partial charge in [0.2, 0.25) is 5.75 Å². The molecule has 2 N–H and O–H groups in total. The molecule has 0 bridgehead atoms. The summed E-state index contributed by atoms with van der Waals surface area (Å²) in [7, 11) is -3.06. The van der Waals surface area contributed by atoms with E-state index in [4.69, 9.17) is 16.3 Å². The Kier molecular flexibility index (Phi) is 7.56. The minimum Gasteiger partial charge on any atom is -0.486 e. The molecule has 1 aliphatic heterocycles. The van der Waals surface area contributed by atoms with Crippen LogP contribution in [-0.4, -0.2) is 65.5 Å². The number of imidazole rings is 1. The average molecular weight is 597 g/mol. The molecule has 0 unspecified atom stereocenters. The highest BCUT2D eigenvalue weighted by Gasteiger charge is 2.39. The lowest BCUT2D eigenvalue weighted by Crippen LogP contribution is -2.48. The summed E-state index contributed by atoms with van der Waals surface area (Å²) < 4.78 is 33.4. The summed E-state index contributed by atoms with van der Waals surface area (Å²) in [4.78, 5) is 19.8. The van der Waals surface area contributed by atoms with Gasteiger partial charge in [0, 0.05) is 54.7 Å². The van der Waals surface area contributed by atoms with E-state index in [0.29, 0.717) is 49.2 Å². The van der Waals surface area contributed by atoms with Gasteiger partial charge in [0.15, 0.2) is 0 Å². The minimum atomic E-state index is -3.06. The third kappa shape index (κ3) is 6.14. The largest absolute Gasteiger partial charge is 0.486 e. The van der Waals surface area contributed by atoms with Crippen molar-refractivity contribution in [2.45, 2.75) is 25.5 Å². The number of hydrogen-bond acceptors (Lipinski definition) is 8. The number of ether oxygens (including phenoxy) is 1. The van der Waals surface area contributed by atoms with E-state index in [1.165, 1.54) is 4.68 Å². The van der Waals surface area contributed by atoms with Crippen LogP contribution in [0.25, 0.3) is 11.4 Å². The van der Waals surface area contributed by atoms with Gasteiger partial charge in [-0.3, -0.25) is 13.9 Å². The molecule has 12 heteroatoms. The van der Waals surface area contributed by atoms with Crippen LogP contribution < -0.4 is 15.2 Å². The molecule has 2 aromatic heterocycles. The van der Waals surface area contributed by atoms with Crippen LogP contribution in [0, 0.1) is 5.41 Å². The normalized spacial score (nSPS) is 17.4. The Morgan fingerprint density at radius 2 is 1.80 bits per heavy atom. The monoisotopic (exact) mass is 596 g/mol. The first-order chi connectivity index (χ1) is 19.7. The number of piperazine rings is 1. The first-order valence-electron chi connectivity index (χ1n) is 13.6. The fourth-order valence-electron chi connectivity index (χ4n) is 4.94. The fraction of sp³-hybridized carbons (Fsp3) is 0.345. The minimum absolute atomic E-state index is 0.0818. The smallest absolute Gasteiger partial charge is 0.316 e. The molecular formula is C29H33ClN6O4S. The molecule has 2 aromatic carbocycles. The van der Waals surface area contributed by atoms with E-state index in [1.807, 2.05) is 39.9 Å². The Bertz CT molecular complexity index is 1580. The van der Waals surface area contributed by atoms with Crippen LogP contribution in [-0.2, 0) is 5.75 Å². The Labute approximate surface area is 245 Å². The van der Waals surface area contributed by atoms with Gasteiger partial charge in [0.25, 0.3) is 0 Å². The summed E-state index contributed by atoms with van der Waals surface area (Å²) in [6.45, 7) is 4.41. The SMILES string of the molecule is CC1(COc2c(N3CCN(S(O)(O)Cc4cccc(-n5ccnc5)c4)CC3)cnn(-c3cccc(Cl)c3)c2=O)CC1. The van der Waals surface area contributed by atoms with Gasteiger partial charge in [0.05, 0.1) is 30.6 Å². The topological polar surface area (TPSA) is 109 Å². The van der Waals surface area contributed by atoms with Crippen LogP contribution >= 0.6 is 22.4 Å². The van der Waals surface area contributed by atoms with Gasteiger partial charge >= 0.3 is 5.56 Å². The summed E-state index contributed by atoms with van der Waals surface area (Å²) in [6.07, 6.45) is 9.05. The molecule has 4 aromatic rings. The second-order valence-electron chi connectivity index (χ2n) is 11.0. The summed E-state index contributed by atoms with van der Waals surface area (Å²) in [5, 5.41) is 4.96. The molecule has 0 atom stereocenters. The quantitative estimate of drug-likeness (QED) is 0.270. The van der Waals surface area contributed by atoms with Gasteiger partial charge in [0.1, 0.15) is 5.69 Å². The van der Waals surface area contributed by atoms with Gasteiger partial charge in [-0.1, -0.05) is 36.7 Å². The van der Waals surface area contributed by atoms with E-state index in [-0.39, 0.29) is 22.5 Å². The number of hydrogen-bond donors (Lipinski definition) is 2. The first-order valence-corrected chi connectivity index (χ1v) is 15.6. The maximum Gasteiger partial charge on any atom is 0.316 e. The van der Waals surface area contributed by atoms with Crippen LogP contribution in [0.1, 0.15) is 25.3 Å². The molecule has 2 fully saturated rings. The molecule has 1 saturated carbocycles. The van der Waals surface area contributed by atoms with Gasteiger partial charge in [-0.2, -0.15) is 9.78 Å². The summed E-state index contributed by atoms with van der Waals surface area (Å²) in [6, 6.07) is 14.7. The standard InChI is InChI=1S/C29H33ClN6O4S/c1-29(8-9-29)20-40-27-26(18-32-36(28(27)37)25-7-3-5-23(30)17-25)33-12-14-35(15-13-33)41(38,39)19-22-4-2-6-24(16-22)34-11-10-31-21-34/h2-7,10-11,16-18,21,38-39H,8-9,12-15,19-20H2,1H3. The highest BCUT2D eigenvalue weighted by molar-refractivity contribution is 8.21.